The molecule has 0 aromatic heterocycles. The summed E-state index contributed by atoms with van der Waals surface area (Å²) in [6, 6.07) is 0.460. The van der Waals surface area contributed by atoms with Crippen molar-refractivity contribution in [3.8, 4) is 0 Å². The first-order chi connectivity index (χ1) is 8.06. The highest BCUT2D eigenvalue weighted by Crippen LogP contribution is 1.92. The molecule has 0 aromatic carbocycles. The summed E-state index contributed by atoms with van der Waals surface area (Å²) in [5.41, 5.74) is 0. The number of carbonyl (C=O) groups is 1. The smallest absolute Gasteiger partial charge is 0.220 e. The number of aliphatic hydroxyl groups is 1. The number of amides is 1. The fourth-order valence-corrected chi connectivity index (χ4v) is 1.38. The minimum absolute atomic E-state index is 0.0418. The van der Waals surface area contributed by atoms with Gasteiger partial charge in [0.2, 0.25) is 5.91 Å². The molecule has 0 heterocycles. The molecule has 102 valence electrons. The van der Waals surface area contributed by atoms with E-state index in [9.17, 15) is 9.90 Å². The zero-order valence-corrected chi connectivity index (χ0v) is 11.2. The molecular weight excluding hydrogens is 220 g/mol. The first-order valence-corrected chi connectivity index (χ1v) is 6.23. The van der Waals surface area contributed by atoms with Crippen LogP contribution in [0.25, 0.3) is 0 Å². The lowest BCUT2D eigenvalue weighted by Crippen LogP contribution is -2.29. The summed E-state index contributed by atoms with van der Waals surface area (Å²) >= 11 is 0. The van der Waals surface area contributed by atoms with Crippen molar-refractivity contribution in [2.45, 2.75) is 45.3 Å². The van der Waals surface area contributed by atoms with Crippen molar-refractivity contribution in [2.75, 3.05) is 26.8 Å². The van der Waals surface area contributed by atoms with Crippen molar-refractivity contribution in [3.63, 3.8) is 0 Å². The van der Waals surface area contributed by atoms with E-state index in [1.54, 1.807) is 7.11 Å². The van der Waals surface area contributed by atoms with Gasteiger partial charge in [-0.1, -0.05) is 13.8 Å². The Morgan fingerprint density at radius 2 is 2.06 bits per heavy atom. The van der Waals surface area contributed by atoms with Crippen LogP contribution in [-0.4, -0.2) is 50.0 Å². The molecule has 5 nitrogen and oxygen atoms in total. The van der Waals surface area contributed by atoms with Crippen molar-refractivity contribution >= 4 is 5.91 Å². The third kappa shape index (κ3) is 11.6. The lowest BCUT2D eigenvalue weighted by molar-refractivity contribution is -0.121. The van der Waals surface area contributed by atoms with Gasteiger partial charge in [0.1, 0.15) is 0 Å². The number of hydrogen-bond acceptors (Lipinski definition) is 4. The Labute approximate surface area is 104 Å². The largest absolute Gasteiger partial charge is 0.391 e. The number of methoxy groups -OCH3 is 1. The van der Waals surface area contributed by atoms with Gasteiger partial charge in [0, 0.05) is 26.1 Å². The number of hydrogen-bond donors (Lipinski definition) is 3. The lowest BCUT2D eigenvalue weighted by Gasteiger charge is -2.10. The third-order valence-corrected chi connectivity index (χ3v) is 2.29. The Morgan fingerprint density at radius 3 is 2.65 bits per heavy atom. The molecule has 0 aliphatic rings. The fourth-order valence-electron chi connectivity index (χ4n) is 1.38. The molecular formula is C12H26N2O3. The standard InChI is InChI=1S/C12H26N2O3/c1-10(2)13-7-4-5-12(16)14-8-6-11(15)9-17-3/h10-11,13,15H,4-9H2,1-3H3,(H,14,16). The van der Waals surface area contributed by atoms with Gasteiger partial charge in [0.15, 0.2) is 0 Å². The van der Waals surface area contributed by atoms with E-state index in [2.05, 4.69) is 24.5 Å². The van der Waals surface area contributed by atoms with Crippen molar-refractivity contribution in [1.82, 2.24) is 10.6 Å². The Balaban J connectivity index is 3.34. The lowest BCUT2D eigenvalue weighted by atomic mass is 10.2. The van der Waals surface area contributed by atoms with Crippen LogP contribution >= 0.6 is 0 Å². The van der Waals surface area contributed by atoms with Gasteiger partial charge in [-0.25, -0.2) is 0 Å². The Hall–Kier alpha value is -0.650. The van der Waals surface area contributed by atoms with E-state index in [0.29, 0.717) is 32.0 Å². The highest BCUT2D eigenvalue weighted by molar-refractivity contribution is 5.75. The second-order valence-corrected chi connectivity index (χ2v) is 4.46. The summed E-state index contributed by atoms with van der Waals surface area (Å²) in [5.74, 6) is 0.0418. The second-order valence-electron chi connectivity index (χ2n) is 4.46. The van der Waals surface area contributed by atoms with Crippen LogP contribution in [-0.2, 0) is 9.53 Å². The van der Waals surface area contributed by atoms with Crippen LogP contribution in [0.2, 0.25) is 0 Å². The molecule has 5 heteroatoms. The van der Waals surface area contributed by atoms with Gasteiger partial charge >= 0.3 is 0 Å². The Morgan fingerprint density at radius 1 is 1.35 bits per heavy atom. The molecule has 0 saturated heterocycles. The second kappa shape index (κ2) is 10.5. The molecule has 1 atom stereocenters. The average molecular weight is 246 g/mol. The van der Waals surface area contributed by atoms with Crippen molar-refractivity contribution in [1.29, 1.82) is 0 Å². The van der Waals surface area contributed by atoms with Crippen molar-refractivity contribution < 1.29 is 14.6 Å². The van der Waals surface area contributed by atoms with Crippen molar-refractivity contribution in [3.05, 3.63) is 0 Å². The van der Waals surface area contributed by atoms with Gasteiger partial charge in [0.25, 0.3) is 0 Å². The maximum Gasteiger partial charge on any atom is 0.220 e. The summed E-state index contributed by atoms with van der Waals surface area (Å²) in [6.45, 7) is 5.83. The highest BCUT2D eigenvalue weighted by atomic mass is 16.5. The van der Waals surface area contributed by atoms with E-state index >= 15 is 0 Å². The minimum Gasteiger partial charge on any atom is -0.391 e. The zero-order valence-electron chi connectivity index (χ0n) is 11.2. The number of aliphatic hydroxyl groups excluding tert-OH is 1. The summed E-state index contributed by atoms with van der Waals surface area (Å²) in [4.78, 5) is 11.4. The summed E-state index contributed by atoms with van der Waals surface area (Å²) < 4.78 is 4.79. The monoisotopic (exact) mass is 246 g/mol. The van der Waals surface area contributed by atoms with Gasteiger partial charge in [-0.2, -0.15) is 0 Å². The molecule has 0 bridgehead atoms. The topological polar surface area (TPSA) is 70.6 Å². The quantitative estimate of drug-likeness (QED) is 0.484. The highest BCUT2D eigenvalue weighted by Gasteiger charge is 2.05. The molecule has 0 aliphatic carbocycles. The SMILES string of the molecule is COCC(O)CCNC(=O)CCCNC(C)C. The summed E-state index contributed by atoms with van der Waals surface area (Å²) in [5, 5.41) is 15.4. The van der Waals surface area contributed by atoms with Crippen LogP contribution in [0, 0.1) is 0 Å². The van der Waals surface area contributed by atoms with E-state index in [4.69, 9.17) is 4.74 Å². The third-order valence-electron chi connectivity index (χ3n) is 2.29. The molecule has 0 aliphatic heterocycles. The summed E-state index contributed by atoms with van der Waals surface area (Å²) in [6.07, 6.45) is 1.40. The van der Waals surface area contributed by atoms with E-state index < -0.39 is 6.10 Å². The summed E-state index contributed by atoms with van der Waals surface area (Å²) in [7, 11) is 1.55. The van der Waals surface area contributed by atoms with E-state index in [1.807, 2.05) is 0 Å². The average Bonchev–Trinajstić information content (AvgIpc) is 2.24. The molecule has 0 aromatic rings. The van der Waals surface area contributed by atoms with Crippen LogP contribution in [0.5, 0.6) is 0 Å². The van der Waals surface area contributed by atoms with Crippen LogP contribution in [0.3, 0.4) is 0 Å². The normalized spacial score (nSPS) is 12.8. The van der Waals surface area contributed by atoms with Gasteiger partial charge in [-0.15, -0.1) is 0 Å². The van der Waals surface area contributed by atoms with Crippen LogP contribution in [0.1, 0.15) is 33.1 Å². The van der Waals surface area contributed by atoms with Crippen molar-refractivity contribution in [2.24, 2.45) is 0 Å². The van der Waals surface area contributed by atoms with Gasteiger partial charge in [-0.05, 0) is 19.4 Å². The zero-order chi connectivity index (χ0) is 13.1. The number of nitrogens with one attached hydrogen (secondary N) is 2. The molecule has 17 heavy (non-hydrogen) atoms. The maximum atomic E-state index is 11.4. The molecule has 3 N–H and O–H groups in total. The predicted molar refractivity (Wildman–Crippen MR) is 67.9 cm³/mol. The van der Waals surface area contributed by atoms with E-state index in [-0.39, 0.29) is 5.91 Å². The van der Waals surface area contributed by atoms with Gasteiger partial charge in [0.05, 0.1) is 12.7 Å². The fraction of sp³-hybridized carbons (Fsp3) is 0.917. The predicted octanol–water partition coefficient (Wildman–Crippen LogP) is 0.278. The molecule has 0 saturated carbocycles. The number of carbonyl (C=O) groups excluding carboxylic acids is 1. The molecule has 1 amide bonds. The maximum absolute atomic E-state index is 11.4. The Kier molecular flexibility index (Phi) is 10.1. The van der Waals surface area contributed by atoms with E-state index in [1.165, 1.54) is 0 Å². The van der Waals surface area contributed by atoms with E-state index in [0.717, 1.165) is 13.0 Å². The number of rotatable bonds is 10. The minimum atomic E-state index is -0.497. The molecule has 0 fully saturated rings. The Bertz CT molecular complexity index is 198. The first-order valence-electron chi connectivity index (χ1n) is 6.23. The first kappa shape index (κ1) is 16.4. The molecule has 1 unspecified atom stereocenters. The molecule has 0 rings (SSSR count). The number of ether oxygens (including phenoxy) is 1. The van der Waals surface area contributed by atoms with Crippen LogP contribution in [0.15, 0.2) is 0 Å². The van der Waals surface area contributed by atoms with Crippen LogP contribution in [0.4, 0.5) is 0 Å². The van der Waals surface area contributed by atoms with Crippen LogP contribution < -0.4 is 10.6 Å². The molecule has 0 radical (unpaired) electrons. The molecule has 0 spiro atoms. The van der Waals surface area contributed by atoms with Gasteiger partial charge in [-0.3, -0.25) is 4.79 Å². The van der Waals surface area contributed by atoms with Gasteiger partial charge < -0.3 is 20.5 Å².